The predicted octanol–water partition coefficient (Wildman–Crippen LogP) is 5.45. The number of hydrogen-bond donors (Lipinski definition) is 6. The highest BCUT2D eigenvalue weighted by atomic mass is 32.1. The zero-order valence-corrected chi connectivity index (χ0v) is 23.8. The standard InChI is InChI=1S/C20H14N4.C10H26N4.Mg.H2S.2H/c1-2-14-10-16-5-6-18(23-16)12-20-8-7-19(24-20)11-17-4-3-15(22-17)9-13(1)21-14;1-2-3-4-5-6-7-8-9-10-12-14-13-11;;;;/h1-12,21,24H;12-14H,2-11H2,1H3;;1H2;;. The van der Waals surface area contributed by atoms with Gasteiger partial charge in [-0.25, -0.2) is 15.4 Å². The van der Waals surface area contributed by atoms with Crippen LogP contribution in [-0.4, -0.2) is 49.5 Å². The summed E-state index contributed by atoms with van der Waals surface area (Å²) in [5.41, 5.74) is 15.8. The second-order valence-corrected chi connectivity index (χ2v) is 9.58. The molecule has 2 aliphatic rings. The quantitative estimate of drug-likeness (QED) is 0.0542. The number of hydrazine groups is 3. The Kier molecular flexibility index (Phi) is 15.9. The summed E-state index contributed by atoms with van der Waals surface area (Å²) in [6.45, 7) is 3.23. The van der Waals surface area contributed by atoms with Crippen molar-refractivity contribution in [2.75, 3.05) is 6.54 Å². The van der Waals surface area contributed by atoms with E-state index in [1.807, 2.05) is 48.6 Å². The SMILES string of the molecule is C1=Cc2cc3ccc(cc4nc(cc5ccc(cc1n2)[nH]5)C=C4)[nH]3.CCCCCCCCCCNNNN.S.[MgH2]. The number of unbranched alkanes of at least 4 members (excludes halogenated alkanes) is 7. The number of hydrogen-bond acceptors (Lipinski definition) is 6. The molecular weight excluding hydrogens is 529 g/mol. The minimum Gasteiger partial charge on any atom is -0.355 e. The minimum absolute atomic E-state index is 0. The number of aromatic amines is 2. The molecule has 0 aliphatic carbocycles. The number of nitrogens with zero attached hydrogens (tertiary/aromatic N) is 2. The van der Waals surface area contributed by atoms with E-state index in [-0.39, 0.29) is 36.5 Å². The molecule has 2 aliphatic heterocycles. The third kappa shape index (κ3) is 11.6. The van der Waals surface area contributed by atoms with Crippen molar-refractivity contribution in [1.29, 1.82) is 0 Å². The Morgan fingerprint density at radius 2 is 1.00 bits per heavy atom. The molecule has 3 aromatic heterocycles. The maximum atomic E-state index is 5.01. The van der Waals surface area contributed by atoms with Crippen LogP contribution in [-0.2, 0) is 0 Å². The topological polar surface area (TPSA) is 119 Å². The zero-order valence-electron chi connectivity index (χ0n) is 22.8. The fourth-order valence-corrected chi connectivity index (χ4v) is 4.40. The molecule has 5 rings (SSSR count). The van der Waals surface area contributed by atoms with Crippen molar-refractivity contribution >= 4 is 82.9 Å². The van der Waals surface area contributed by atoms with Gasteiger partial charge in [0.25, 0.3) is 0 Å². The first-order chi connectivity index (χ1) is 18.7. The van der Waals surface area contributed by atoms with Crippen LogP contribution in [0.5, 0.6) is 0 Å². The third-order valence-electron chi connectivity index (χ3n) is 6.36. The summed E-state index contributed by atoms with van der Waals surface area (Å²) in [4.78, 5) is 16.0. The number of H-pyrrole nitrogens is 2. The molecule has 3 aromatic rings. The summed E-state index contributed by atoms with van der Waals surface area (Å²) in [6.07, 6.45) is 18.9. The maximum absolute atomic E-state index is 5.01. The molecule has 10 heteroatoms. The lowest BCUT2D eigenvalue weighted by atomic mass is 10.1. The Morgan fingerprint density at radius 3 is 1.38 bits per heavy atom. The van der Waals surface area contributed by atoms with Crippen LogP contribution >= 0.6 is 13.5 Å². The molecule has 5 heterocycles. The summed E-state index contributed by atoms with van der Waals surface area (Å²) in [6, 6.07) is 16.4. The first kappa shape index (κ1) is 33.8. The molecule has 0 aromatic carbocycles. The molecule has 212 valence electrons. The van der Waals surface area contributed by atoms with Gasteiger partial charge in [-0.1, -0.05) is 51.9 Å². The van der Waals surface area contributed by atoms with E-state index in [1.165, 1.54) is 51.4 Å². The van der Waals surface area contributed by atoms with E-state index in [1.54, 1.807) is 0 Å². The smallest absolute Gasteiger partial charge is 0.316 e. The predicted molar refractivity (Wildman–Crippen MR) is 179 cm³/mol. The van der Waals surface area contributed by atoms with E-state index >= 15 is 0 Å². The van der Waals surface area contributed by atoms with Crippen LogP contribution in [0.3, 0.4) is 0 Å². The van der Waals surface area contributed by atoms with Gasteiger partial charge in [-0.2, -0.15) is 24.6 Å². The van der Waals surface area contributed by atoms with Gasteiger partial charge in [-0.05, 0) is 79.3 Å². The van der Waals surface area contributed by atoms with Crippen molar-refractivity contribution in [2.45, 2.75) is 58.3 Å². The number of nitrogens with two attached hydrogens (primary N) is 1. The summed E-state index contributed by atoms with van der Waals surface area (Å²) in [5, 5.41) is 0. The fraction of sp³-hybridized carbons (Fsp3) is 0.333. The van der Waals surface area contributed by atoms with Crippen LogP contribution in [0, 0.1) is 0 Å². The van der Waals surface area contributed by atoms with E-state index in [0.717, 1.165) is 51.4 Å². The van der Waals surface area contributed by atoms with Gasteiger partial charge in [0.1, 0.15) is 0 Å². The maximum Gasteiger partial charge on any atom is 0.316 e. The van der Waals surface area contributed by atoms with Gasteiger partial charge in [-0.3, -0.25) is 5.84 Å². The molecule has 0 amide bonds. The Bertz CT molecular complexity index is 1190. The van der Waals surface area contributed by atoms with E-state index < -0.39 is 0 Å². The van der Waals surface area contributed by atoms with Crippen LogP contribution < -0.4 is 22.3 Å². The Labute approximate surface area is 260 Å². The second kappa shape index (κ2) is 18.8. The average Bonchev–Trinajstić information content (AvgIpc) is 3.72. The van der Waals surface area contributed by atoms with Crippen molar-refractivity contribution in [3.05, 3.63) is 71.3 Å². The van der Waals surface area contributed by atoms with Crippen LogP contribution in [0.25, 0.3) is 46.4 Å². The van der Waals surface area contributed by atoms with Crippen molar-refractivity contribution < 1.29 is 0 Å². The van der Waals surface area contributed by atoms with Crippen LogP contribution in [0.2, 0.25) is 0 Å². The summed E-state index contributed by atoms with van der Waals surface area (Å²) >= 11 is 0. The minimum atomic E-state index is 0. The van der Waals surface area contributed by atoms with Crippen LogP contribution in [0.1, 0.15) is 81.1 Å². The van der Waals surface area contributed by atoms with Gasteiger partial charge in [0, 0.05) is 28.6 Å². The Balaban J connectivity index is 0.000000307. The van der Waals surface area contributed by atoms with Gasteiger partial charge in [0.15, 0.2) is 0 Å². The molecule has 0 radical (unpaired) electrons. The number of nitrogens with one attached hydrogen (secondary N) is 5. The van der Waals surface area contributed by atoms with Crippen molar-refractivity contribution in [3.63, 3.8) is 0 Å². The molecule has 0 saturated carbocycles. The Hall–Kier alpha value is -2.44. The molecule has 0 spiro atoms. The number of fused-ring (bicyclic) bond motifs is 8. The van der Waals surface area contributed by atoms with E-state index in [9.17, 15) is 0 Å². The summed E-state index contributed by atoms with van der Waals surface area (Å²) in [5.74, 6) is 5.01. The highest BCUT2D eigenvalue weighted by molar-refractivity contribution is 7.59. The summed E-state index contributed by atoms with van der Waals surface area (Å²) < 4.78 is 0. The first-order valence-corrected chi connectivity index (χ1v) is 13.7. The van der Waals surface area contributed by atoms with Crippen molar-refractivity contribution in [2.24, 2.45) is 5.84 Å². The molecule has 40 heavy (non-hydrogen) atoms. The lowest BCUT2D eigenvalue weighted by molar-refractivity contribution is 0.431. The highest BCUT2D eigenvalue weighted by Crippen LogP contribution is 2.17. The lowest BCUT2D eigenvalue weighted by Gasteiger charge is -2.04. The number of aromatic nitrogens is 4. The first-order valence-electron chi connectivity index (χ1n) is 13.7. The fourth-order valence-electron chi connectivity index (χ4n) is 4.40. The van der Waals surface area contributed by atoms with E-state index in [2.05, 4.69) is 67.6 Å². The molecule has 0 atom stereocenters. The van der Waals surface area contributed by atoms with Crippen LogP contribution in [0.15, 0.2) is 48.5 Å². The zero-order chi connectivity index (χ0) is 26.4. The Morgan fingerprint density at radius 1 is 0.625 bits per heavy atom. The van der Waals surface area contributed by atoms with E-state index in [0.29, 0.717) is 0 Å². The van der Waals surface area contributed by atoms with Gasteiger partial charge < -0.3 is 9.97 Å². The van der Waals surface area contributed by atoms with Gasteiger partial charge >= 0.3 is 23.1 Å². The number of rotatable bonds is 11. The van der Waals surface area contributed by atoms with Crippen LogP contribution in [0.4, 0.5) is 0 Å². The molecule has 0 fully saturated rings. The molecule has 0 saturated heterocycles. The largest absolute Gasteiger partial charge is 0.355 e. The van der Waals surface area contributed by atoms with Gasteiger partial charge in [-0.15, -0.1) is 0 Å². The van der Waals surface area contributed by atoms with Gasteiger partial charge in [0.2, 0.25) is 0 Å². The second-order valence-electron chi connectivity index (χ2n) is 9.58. The average molecular weight is 573 g/mol. The van der Waals surface area contributed by atoms with Crippen molar-refractivity contribution in [1.82, 2.24) is 36.4 Å². The van der Waals surface area contributed by atoms with Crippen molar-refractivity contribution in [3.8, 4) is 0 Å². The molecule has 7 N–H and O–H groups in total. The molecule has 0 unspecified atom stereocenters. The lowest BCUT2D eigenvalue weighted by Crippen LogP contribution is -2.47. The van der Waals surface area contributed by atoms with Gasteiger partial charge in [0.05, 0.1) is 22.8 Å². The highest BCUT2D eigenvalue weighted by Gasteiger charge is 2.01. The molecule has 8 bridgehead atoms. The normalized spacial score (nSPS) is 11.3. The molecule has 8 nitrogen and oxygen atoms in total. The van der Waals surface area contributed by atoms with E-state index in [4.69, 9.17) is 5.84 Å². The molecular formula is C30H44MgN8S. The third-order valence-corrected chi connectivity index (χ3v) is 6.36. The monoisotopic (exact) mass is 572 g/mol. The summed E-state index contributed by atoms with van der Waals surface area (Å²) in [7, 11) is 0.